The van der Waals surface area contributed by atoms with Gasteiger partial charge in [-0.25, -0.2) is 0 Å². The van der Waals surface area contributed by atoms with Gasteiger partial charge in [0, 0.05) is 19.9 Å². The normalized spacial score (nSPS) is 27.0. The molecular weight excluding hydrogens is 224 g/mol. The molecule has 0 aromatic heterocycles. The molecule has 18 heavy (non-hydrogen) atoms. The number of nitrogens with one attached hydrogen (secondary N) is 1. The molecule has 1 aromatic rings. The number of nitrogens with zero attached hydrogens (tertiary/aromatic N) is 1. The Hall–Kier alpha value is -1.22. The van der Waals surface area contributed by atoms with Gasteiger partial charge in [0.05, 0.1) is 12.8 Å². The highest BCUT2D eigenvalue weighted by atomic mass is 16.5. The third-order valence-corrected chi connectivity index (χ3v) is 4.47. The Morgan fingerprint density at radius 2 is 2.39 bits per heavy atom. The maximum Gasteiger partial charge on any atom is 0.142 e. The lowest BCUT2D eigenvalue weighted by Gasteiger charge is -2.22. The van der Waals surface area contributed by atoms with Crippen LogP contribution in [0.3, 0.4) is 0 Å². The van der Waals surface area contributed by atoms with Gasteiger partial charge < -0.3 is 15.0 Å². The quantitative estimate of drug-likeness (QED) is 0.890. The molecule has 0 amide bonds. The van der Waals surface area contributed by atoms with Crippen molar-refractivity contribution < 1.29 is 6.16 Å². The van der Waals surface area contributed by atoms with Crippen molar-refractivity contribution >= 4 is 5.69 Å². The van der Waals surface area contributed by atoms with E-state index < -0.39 is 0 Å². The minimum Gasteiger partial charge on any atom is -0.495 e. The van der Waals surface area contributed by atoms with E-state index in [2.05, 4.69) is 29.4 Å². The van der Waals surface area contributed by atoms with Crippen LogP contribution >= 0.6 is 0 Å². The smallest absolute Gasteiger partial charge is 0.142 e. The molecule has 1 unspecified atom stereocenters. The van der Waals surface area contributed by atoms with Gasteiger partial charge in [-0.3, -0.25) is 0 Å². The summed E-state index contributed by atoms with van der Waals surface area (Å²) in [4.78, 5) is 2.51. The molecule has 1 saturated heterocycles. The summed E-state index contributed by atoms with van der Waals surface area (Å²) in [6.45, 7) is 2.32. The lowest BCUT2D eigenvalue weighted by atomic mass is 9.93. The van der Waals surface area contributed by atoms with E-state index in [9.17, 15) is 0 Å². The number of benzene rings is 1. The summed E-state index contributed by atoms with van der Waals surface area (Å²) in [5.41, 5.74) is 2.65. The Bertz CT molecular complexity index is 438. The Labute approximate surface area is 111 Å². The Morgan fingerprint density at radius 1 is 1.50 bits per heavy atom. The van der Waals surface area contributed by atoms with Crippen LogP contribution in [0.15, 0.2) is 18.2 Å². The Kier molecular flexibility index (Phi) is 3.16. The van der Waals surface area contributed by atoms with Crippen LogP contribution in [0.5, 0.6) is 5.75 Å². The first-order chi connectivity index (χ1) is 8.79. The number of anilines is 1. The van der Waals surface area contributed by atoms with Gasteiger partial charge in [-0.2, -0.15) is 0 Å². The number of rotatable bonds is 3. The summed E-state index contributed by atoms with van der Waals surface area (Å²) in [7, 11) is 4.00. The molecule has 0 radical (unpaired) electrons. The van der Waals surface area contributed by atoms with E-state index in [1.165, 1.54) is 37.1 Å². The van der Waals surface area contributed by atoms with Crippen LogP contribution in [0.2, 0.25) is 0 Å². The molecule has 0 spiro atoms. The molecule has 3 heteroatoms. The number of likely N-dealkylation sites (tertiary alicyclic amines) is 1. The van der Waals surface area contributed by atoms with Gasteiger partial charge in [-0.05, 0) is 44.5 Å². The first-order valence-electron chi connectivity index (χ1n) is 6.90. The molecule has 2 aliphatic heterocycles. The molecule has 2 heterocycles. The highest BCUT2D eigenvalue weighted by molar-refractivity contribution is 5.66. The number of methoxy groups -OCH3 is 1. The van der Waals surface area contributed by atoms with Gasteiger partial charge >= 0.3 is 0 Å². The second kappa shape index (κ2) is 4.81. The van der Waals surface area contributed by atoms with Crippen LogP contribution in [0, 0.1) is 0 Å². The second-order valence-corrected chi connectivity index (χ2v) is 5.51. The molecule has 0 bridgehead atoms. The van der Waals surface area contributed by atoms with Crippen molar-refractivity contribution in [3.05, 3.63) is 23.8 Å². The third-order valence-electron chi connectivity index (χ3n) is 4.47. The summed E-state index contributed by atoms with van der Waals surface area (Å²) in [5.74, 6) is 1.62. The predicted octanol–water partition coefficient (Wildman–Crippen LogP) is 2.93. The van der Waals surface area contributed by atoms with Gasteiger partial charge in [-0.1, -0.05) is 12.1 Å². The highest BCUT2D eigenvalue weighted by Gasteiger charge is 2.30. The lowest BCUT2D eigenvalue weighted by Crippen LogP contribution is -2.27. The molecule has 1 aromatic carbocycles. The Morgan fingerprint density at radius 3 is 3.11 bits per heavy atom. The molecule has 100 valence electrons. The van der Waals surface area contributed by atoms with Crippen LogP contribution < -0.4 is 10.1 Å². The van der Waals surface area contributed by atoms with Gasteiger partial charge in [0.2, 0.25) is 0 Å². The number of para-hydroxylation sites is 1. The maximum atomic E-state index is 5.42. The van der Waals surface area contributed by atoms with Crippen molar-refractivity contribution in [2.24, 2.45) is 0 Å². The summed E-state index contributed by atoms with van der Waals surface area (Å²) in [6.07, 6.45) is 3.97. The number of hydrogen-bond acceptors (Lipinski definition) is 3. The molecule has 1 fully saturated rings. The van der Waals surface area contributed by atoms with Crippen LogP contribution in [-0.4, -0.2) is 38.2 Å². The molecule has 2 aliphatic rings. The van der Waals surface area contributed by atoms with Crippen molar-refractivity contribution in [2.75, 3.05) is 32.6 Å². The van der Waals surface area contributed by atoms with E-state index in [1.807, 2.05) is 6.07 Å². The van der Waals surface area contributed by atoms with Crippen molar-refractivity contribution in [3.63, 3.8) is 0 Å². The highest BCUT2D eigenvalue weighted by Crippen LogP contribution is 2.41. The molecule has 2 atom stereocenters. The van der Waals surface area contributed by atoms with Crippen molar-refractivity contribution in [1.82, 2.24) is 4.90 Å². The first kappa shape index (κ1) is 11.8. The van der Waals surface area contributed by atoms with Crippen molar-refractivity contribution in [2.45, 2.75) is 31.2 Å². The van der Waals surface area contributed by atoms with Gasteiger partial charge in [0.15, 0.2) is 0 Å². The summed E-state index contributed by atoms with van der Waals surface area (Å²) < 4.78 is 5.42. The maximum absolute atomic E-state index is 5.42. The molecule has 3 nitrogen and oxygen atoms in total. The fourth-order valence-electron chi connectivity index (χ4n) is 3.40. The minimum atomic E-state index is 0. The van der Waals surface area contributed by atoms with E-state index in [4.69, 9.17) is 4.74 Å². The fourth-order valence-corrected chi connectivity index (χ4v) is 3.40. The number of ether oxygens (including phenoxy) is 1. The minimum absolute atomic E-state index is 0. The van der Waals surface area contributed by atoms with Crippen molar-refractivity contribution in [1.29, 1.82) is 0 Å². The third kappa shape index (κ3) is 1.97. The SMILES string of the molecule is COc1cccc2c1NCC2C[C@H]1CCCN1C.[HH]. The topological polar surface area (TPSA) is 24.5 Å². The first-order valence-corrected chi connectivity index (χ1v) is 6.90. The van der Waals surface area contributed by atoms with Crippen LogP contribution in [0.4, 0.5) is 5.69 Å². The van der Waals surface area contributed by atoms with Crippen LogP contribution in [-0.2, 0) is 0 Å². The van der Waals surface area contributed by atoms with E-state index in [0.29, 0.717) is 5.92 Å². The molecule has 3 rings (SSSR count). The predicted molar refractivity (Wildman–Crippen MR) is 76.6 cm³/mol. The van der Waals surface area contributed by atoms with E-state index in [1.54, 1.807) is 7.11 Å². The zero-order valence-electron chi connectivity index (χ0n) is 11.3. The lowest BCUT2D eigenvalue weighted by molar-refractivity contribution is 0.285. The largest absolute Gasteiger partial charge is 0.495 e. The molecule has 0 aliphatic carbocycles. The van der Waals surface area contributed by atoms with Gasteiger partial charge in [0.25, 0.3) is 0 Å². The Balaban J connectivity index is 0.00000133. The second-order valence-electron chi connectivity index (χ2n) is 5.51. The number of hydrogen-bond donors (Lipinski definition) is 1. The van der Waals surface area contributed by atoms with Crippen LogP contribution in [0.1, 0.15) is 32.2 Å². The fraction of sp³-hybridized carbons (Fsp3) is 0.600. The zero-order valence-corrected chi connectivity index (χ0v) is 11.3. The average molecular weight is 248 g/mol. The van der Waals surface area contributed by atoms with Gasteiger partial charge in [-0.15, -0.1) is 0 Å². The molecule has 0 saturated carbocycles. The van der Waals surface area contributed by atoms with Crippen LogP contribution in [0.25, 0.3) is 0 Å². The zero-order chi connectivity index (χ0) is 12.5. The standard InChI is InChI=1S/C15H22N2O.H2/c1-17-8-4-5-12(17)9-11-10-16-15-13(11)6-3-7-14(15)18-2;/h3,6-7,11-12,16H,4-5,8-10H2,1-2H3;1H/t11?,12-;/m1./s1. The summed E-state index contributed by atoms with van der Waals surface area (Å²) >= 11 is 0. The number of fused-ring (bicyclic) bond motifs is 1. The van der Waals surface area contributed by atoms with E-state index in [0.717, 1.165) is 18.3 Å². The van der Waals surface area contributed by atoms with Crippen molar-refractivity contribution in [3.8, 4) is 5.75 Å². The summed E-state index contributed by atoms with van der Waals surface area (Å²) in [6, 6.07) is 7.15. The van der Waals surface area contributed by atoms with E-state index >= 15 is 0 Å². The summed E-state index contributed by atoms with van der Waals surface area (Å²) in [5, 5.41) is 3.52. The van der Waals surface area contributed by atoms with Gasteiger partial charge in [0.1, 0.15) is 5.75 Å². The monoisotopic (exact) mass is 248 g/mol. The molecular formula is C15H24N2O. The molecule has 1 N–H and O–H groups in total. The van der Waals surface area contributed by atoms with E-state index in [-0.39, 0.29) is 1.43 Å². The average Bonchev–Trinajstić information content (AvgIpc) is 2.97.